The van der Waals surface area contributed by atoms with E-state index in [0.29, 0.717) is 19.3 Å². The number of benzene rings is 2. The van der Waals surface area contributed by atoms with Crippen molar-refractivity contribution in [1.82, 2.24) is 10.6 Å². The second kappa shape index (κ2) is 9.90. The van der Waals surface area contributed by atoms with Crippen molar-refractivity contribution in [2.75, 3.05) is 17.2 Å². The predicted molar refractivity (Wildman–Crippen MR) is 121 cm³/mol. The van der Waals surface area contributed by atoms with Crippen LogP contribution in [0.3, 0.4) is 0 Å². The predicted octanol–water partition coefficient (Wildman–Crippen LogP) is 5.77. The van der Waals surface area contributed by atoms with Crippen molar-refractivity contribution < 1.29 is 27.2 Å². The quantitative estimate of drug-likeness (QED) is 0.410. The minimum Gasteiger partial charge on any atom is -0.337 e. The minimum atomic E-state index is -0.887. The molecule has 4 amide bonds. The molecule has 0 unspecified atom stereocenters. The summed E-state index contributed by atoms with van der Waals surface area (Å²) in [5.74, 6) is -3.54. The van der Waals surface area contributed by atoms with Crippen LogP contribution in [-0.4, -0.2) is 24.6 Å². The number of para-hydroxylation sites is 2. The van der Waals surface area contributed by atoms with Gasteiger partial charge < -0.3 is 21.3 Å². The van der Waals surface area contributed by atoms with Gasteiger partial charge in [0.2, 0.25) is 0 Å². The van der Waals surface area contributed by atoms with Gasteiger partial charge in [-0.25, -0.2) is 27.2 Å². The molecule has 0 spiro atoms. The number of anilines is 2. The molecule has 2 atom stereocenters. The third-order valence-electron chi connectivity index (χ3n) is 5.86. The molecule has 34 heavy (non-hydrogen) atoms. The Bertz CT molecular complexity index is 1040. The highest BCUT2D eigenvalue weighted by Gasteiger charge is 2.42. The normalized spacial score (nSPS) is 21.4. The number of nitrogens with one attached hydrogen (secondary N) is 4. The summed E-state index contributed by atoms with van der Waals surface area (Å²) < 4.78 is 55.3. The van der Waals surface area contributed by atoms with Crippen LogP contribution in [0.15, 0.2) is 36.4 Å². The van der Waals surface area contributed by atoms with Crippen LogP contribution in [0.4, 0.5) is 38.5 Å². The molecule has 1 aliphatic carbocycles. The fourth-order valence-electron chi connectivity index (χ4n) is 4.89. The molecular formula is C24H28F4N4O2. The highest BCUT2D eigenvalue weighted by atomic mass is 19.1. The molecule has 184 valence electrons. The van der Waals surface area contributed by atoms with E-state index in [0.717, 1.165) is 24.3 Å². The summed E-state index contributed by atoms with van der Waals surface area (Å²) in [4.78, 5) is 24.7. The molecule has 2 aromatic carbocycles. The van der Waals surface area contributed by atoms with Crippen LogP contribution < -0.4 is 21.3 Å². The van der Waals surface area contributed by atoms with Gasteiger partial charge in [0.15, 0.2) is 0 Å². The fraction of sp³-hybridized carbons (Fsp3) is 0.417. The first-order chi connectivity index (χ1) is 15.9. The van der Waals surface area contributed by atoms with Crippen LogP contribution >= 0.6 is 0 Å². The zero-order chi connectivity index (χ0) is 25.1. The molecule has 0 radical (unpaired) electrons. The van der Waals surface area contributed by atoms with Crippen LogP contribution in [0.1, 0.15) is 40.0 Å². The first kappa shape index (κ1) is 25.3. The Balaban J connectivity index is 1.62. The summed E-state index contributed by atoms with van der Waals surface area (Å²) >= 11 is 0. The summed E-state index contributed by atoms with van der Waals surface area (Å²) in [5.41, 5.74) is -1.75. The number of halogens is 4. The van der Waals surface area contributed by atoms with Gasteiger partial charge >= 0.3 is 12.1 Å². The lowest BCUT2D eigenvalue weighted by molar-refractivity contribution is 0.0761. The van der Waals surface area contributed by atoms with E-state index >= 15 is 0 Å². The van der Waals surface area contributed by atoms with Crippen LogP contribution in [-0.2, 0) is 0 Å². The van der Waals surface area contributed by atoms with Crippen molar-refractivity contribution in [3.63, 3.8) is 0 Å². The summed E-state index contributed by atoms with van der Waals surface area (Å²) in [5, 5.41) is 9.82. The highest BCUT2D eigenvalue weighted by Crippen LogP contribution is 2.45. The topological polar surface area (TPSA) is 82.3 Å². The monoisotopic (exact) mass is 480 g/mol. The van der Waals surface area contributed by atoms with Crippen LogP contribution in [0.2, 0.25) is 0 Å². The van der Waals surface area contributed by atoms with Crippen LogP contribution in [0.25, 0.3) is 0 Å². The van der Waals surface area contributed by atoms with E-state index in [-0.39, 0.29) is 18.0 Å². The summed E-state index contributed by atoms with van der Waals surface area (Å²) in [6.07, 6.45) is 1.79. The first-order valence-electron chi connectivity index (χ1n) is 10.9. The number of urea groups is 2. The molecule has 1 saturated carbocycles. The molecule has 1 fully saturated rings. The number of carbonyl (C=O) groups is 2. The Morgan fingerprint density at radius 3 is 1.79 bits per heavy atom. The molecule has 10 heteroatoms. The Kier molecular flexibility index (Phi) is 7.38. The average Bonchev–Trinajstić information content (AvgIpc) is 2.71. The Morgan fingerprint density at radius 2 is 1.29 bits per heavy atom. The van der Waals surface area contributed by atoms with E-state index in [9.17, 15) is 27.2 Å². The standard InChI is InChI=1S/C24H28F4N4O2/c1-23(2)10-14(30-22(34)32-20-17(27)8-5-9-18(20)28)11-24(3,12-23)13-29-21(33)31-19-15(25)6-4-7-16(19)26/h4-9,14H,10-13H2,1-3H3,(H2,29,31,33)(H2,30,32,34)/t14-,24-/m1/s1. The van der Waals surface area contributed by atoms with E-state index < -0.39 is 52.1 Å². The molecule has 3 rings (SSSR count). The number of hydrogen-bond donors (Lipinski definition) is 4. The van der Waals surface area contributed by atoms with Crippen molar-refractivity contribution >= 4 is 23.4 Å². The molecule has 0 heterocycles. The maximum atomic E-state index is 13.8. The summed E-state index contributed by atoms with van der Waals surface area (Å²) in [6.45, 7) is 6.14. The number of rotatable bonds is 5. The molecule has 0 saturated heterocycles. The Morgan fingerprint density at radius 1 is 0.824 bits per heavy atom. The smallest absolute Gasteiger partial charge is 0.319 e. The zero-order valence-corrected chi connectivity index (χ0v) is 19.2. The van der Waals surface area contributed by atoms with E-state index in [2.05, 4.69) is 21.3 Å². The van der Waals surface area contributed by atoms with Crippen molar-refractivity contribution in [2.45, 2.75) is 46.1 Å². The molecular weight excluding hydrogens is 452 g/mol. The van der Waals surface area contributed by atoms with Gasteiger partial charge in [0.05, 0.1) is 0 Å². The van der Waals surface area contributed by atoms with Gasteiger partial charge in [-0.3, -0.25) is 0 Å². The lowest BCUT2D eigenvalue weighted by atomic mass is 9.62. The fourth-order valence-corrected chi connectivity index (χ4v) is 4.89. The largest absolute Gasteiger partial charge is 0.337 e. The van der Waals surface area contributed by atoms with E-state index in [1.807, 2.05) is 20.8 Å². The van der Waals surface area contributed by atoms with Gasteiger partial charge in [0.1, 0.15) is 34.6 Å². The van der Waals surface area contributed by atoms with E-state index in [1.165, 1.54) is 12.1 Å². The van der Waals surface area contributed by atoms with Gasteiger partial charge in [0, 0.05) is 12.6 Å². The SMILES string of the molecule is CC1(C)C[C@@H](NC(=O)Nc2c(F)cccc2F)C[C@@](C)(CNC(=O)Nc2c(F)cccc2F)C1. The lowest BCUT2D eigenvalue weighted by Crippen LogP contribution is -2.51. The van der Waals surface area contributed by atoms with Crippen molar-refractivity contribution in [2.24, 2.45) is 10.8 Å². The minimum absolute atomic E-state index is 0.181. The highest BCUT2D eigenvalue weighted by molar-refractivity contribution is 5.90. The zero-order valence-electron chi connectivity index (χ0n) is 19.2. The molecule has 4 N–H and O–H groups in total. The molecule has 0 bridgehead atoms. The molecule has 0 aliphatic heterocycles. The molecule has 0 aromatic heterocycles. The van der Waals surface area contributed by atoms with Gasteiger partial charge in [-0.15, -0.1) is 0 Å². The Hall–Kier alpha value is -3.30. The molecule has 6 nitrogen and oxygen atoms in total. The van der Waals surface area contributed by atoms with Crippen molar-refractivity contribution in [3.05, 3.63) is 59.7 Å². The van der Waals surface area contributed by atoms with Gasteiger partial charge in [0.25, 0.3) is 0 Å². The molecule has 2 aromatic rings. The second-order valence-electron chi connectivity index (χ2n) is 9.86. The first-order valence-corrected chi connectivity index (χ1v) is 10.9. The molecule has 1 aliphatic rings. The van der Waals surface area contributed by atoms with E-state index in [4.69, 9.17) is 0 Å². The van der Waals surface area contributed by atoms with Crippen LogP contribution in [0.5, 0.6) is 0 Å². The number of amides is 4. The third-order valence-corrected chi connectivity index (χ3v) is 5.86. The maximum Gasteiger partial charge on any atom is 0.319 e. The summed E-state index contributed by atoms with van der Waals surface area (Å²) in [6, 6.07) is 4.73. The second-order valence-corrected chi connectivity index (χ2v) is 9.86. The van der Waals surface area contributed by atoms with Gasteiger partial charge in [-0.05, 0) is 54.4 Å². The number of carbonyl (C=O) groups excluding carboxylic acids is 2. The van der Waals surface area contributed by atoms with Crippen LogP contribution in [0, 0.1) is 34.1 Å². The van der Waals surface area contributed by atoms with Crippen molar-refractivity contribution in [1.29, 1.82) is 0 Å². The average molecular weight is 481 g/mol. The van der Waals surface area contributed by atoms with Gasteiger partial charge in [-0.2, -0.15) is 0 Å². The lowest BCUT2D eigenvalue weighted by Gasteiger charge is -2.46. The van der Waals surface area contributed by atoms with E-state index in [1.54, 1.807) is 0 Å². The Labute approximate surface area is 195 Å². The van der Waals surface area contributed by atoms with Gasteiger partial charge in [-0.1, -0.05) is 32.9 Å². The van der Waals surface area contributed by atoms with Crippen molar-refractivity contribution in [3.8, 4) is 0 Å². The maximum absolute atomic E-state index is 13.8. The third kappa shape index (κ3) is 6.39. The number of hydrogen-bond acceptors (Lipinski definition) is 2. The summed E-state index contributed by atoms with van der Waals surface area (Å²) in [7, 11) is 0.